The fourth-order valence-corrected chi connectivity index (χ4v) is 3.27. The van der Waals surface area contributed by atoms with Gasteiger partial charge >= 0.3 is 0 Å². The maximum atomic E-state index is 12.8. The first-order chi connectivity index (χ1) is 12.2. The molecular weight excluding hydrogens is 318 g/mol. The van der Waals surface area contributed by atoms with Gasteiger partial charge in [0.1, 0.15) is 5.75 Å². The van der Waals surface area contributed by atoms with Gasteiger partial charge in [0.05, 0.1) is 37.6 Å². The van der Waals surface area contributed by atoms with E-state index in [2.05, 4.69) is 5.10 Å². The smallest absolute Gasteiger partial charge is 0.226 e. The summed E-state index contributed by atoms with van der Waals surface area (Å²) in [6.45, 7) is 4.16. The number of hydrogen-bond donors (Lipinski definition) is 0. The highest BCUT2D eigenvalue weighted by atomic mass is 16.5. The average molecular weight is 343 g/mol. The van der Waals surface area contributed by atoms with Crippen LogP contribution in [0.1, 0.15) is 30.6 Å². The van der Waals surface area contributed by atoms with Crippen LogP contribution in [0, 0.1) is 0 Å². The van der Waals surface area contributed by atoms with E-state index in [4.69, 9.17) is 9.47 Å². The molecule has 25 heavy (non-hydrogen) atoms. The third kappa shape index (κ3) is 4.02. The number of aryl methyl sites for hydroxylation is 1. The molecule has 1 atom stereocenters. The van der Waals surface area contributed by atoms with Gasteiger partial charge in [-0.05, 0) is 31.0 Å². The van der Waals surface area contributed by atoms with E-state index < -0.39 is 0 Å². The first kappa shape index (κ1) is 17.5. The zero-order valence-corrected chi connectivity index (χ0v) is 14.9. The lowest BCUT2D eigenvalue weighted by Gasteiger charge is -2.36. The minimum absolute atomic E-state index is 0.0829. The summed E-state index contributed by atoms with van der Waals surface area (Å²) in [6.07, 6.45) is 3.08. The molecular formula is C19H25N3O3. The summed E-state index contributed by atoms with van der Waals surface area (Å²) >= 11 is 0. The standard InChI is InChI=1S/C19H25N3O3/c1-3-24-14-17-19-15(13-20-21(19)2)9-11-22(17)18(23)10-12-25-16-7-5-4-6-8-16/h4-8,13,17H,3,9-12,14H2,1-2H3/t17-/m1/s1. The number of benzene rings is 1. The average Bonchev–Trinajstić information content (AvgIpc) is 3.02. The largest absolute Gasteiger partial charge is 0.493 e. The second kappa shape index (κ2) is 8.16. The fourth-order valence-electron chi connectivity index (χ4n) is 3.27. The van der Waals surface area contributed by atoms with Crippen LogP contribution in [0.15, 0.2) is 36.5 Å². The van der Waals surface area contributed by atoms with E-state index in [1.54, 1.807) is 0 Å². The normalized spacial score (nSPS) is 16.6. The Hall–Kier alpha value is -2.34. The van der Waals surface area contributed by atoms with Crippen molar-refractivity contribution in [2.45, 2.75) is 25.8 Å². The highest BCUT2D eigenvalue weighted by Crippen LogP contribution is 2.30. The number of fused-ring (bicyclic) bond motifs is 1. The Morgan fingerprint density at radius 1 is 1.32 bits per heavy atom. The van der Waals surface area contributed by atoms with Crippen molar-refractivity contribution >= 4 is 5.91 Å². The Kier molecular flexibility index (Phi) is 5.71. The van der Waals surface area contributed by atoms with E-state index in [1.807, 2.05) is 60.1 Å². The molecule has 0 bridgehead atoms. The maximum absolute atomic E-state index is 12.8. The third-order valence-corrected chi connectivity index (χ3v) is 4.51. The van der Waals surface area contributed by atoms with Crippen molar-refractivity contribution in [3.8, 4) is 5.75 Å². The van der Waals surface area contributed by atoms with E-state index in [1.165, 1.54) is 5.56 Å². The summed E-state index contributed by atoms with van der Waals surface area (Å²) in [7, 11) is 1.92. The predicted molar refractivity (Wildman–Crippen MR) is 94.4 cm³/mol. The molecule has 3 rings (SSSR count). The highest BCUT2D eigenvalue weighted by molar-refractivity contribution is 5.77. The Morgan fingerprint density at radius 3 is 2.88 bits per heavy atom. The van der Waals surface area contributed by atoms with Crippen molar-refractivity contribution in [2.24, 2.45) is 7.05 Å². The Labute approximate surface area is 148 Å². The van der Waals surface area contributed by atoms with Gasteiger partial charge in [-0.2, -0.15) is 5.10 Å². The van der Waals surface area contributed by atoms with Crippen molar-refractivity contribution in [3.05, 3.63) is 47.8 Å². The van der Waals surface area contributed by atoms with Crippen LogP contribution in [-0.4, -0.2) is 47.0 Å². The number of para-hydroxylation sites is 1. The van der Waals surface area contributed by atoms with Gasteiger partial charge < -0.3 is 14.4 Å². The molecule has 0 saturated heterocycles. The summed E-state index contributed by atoms with van der Waals surface area (Å²) in [5, 5.41) is 4.35. The third-order valence-electron chi connectivity index (χ3n) is 4.51. The summed E-state index contributed by atoms with van der Waals surface area (Å²) in [6, 6.07) is 9.49. The number of aromatic nitrogens is 2. The number of carbonyl (C=O) groups excluding carboxylic acids is 1. The molecule has 6 nitrogen and oxygen atoms in total. The van der Waals surface area contributed by atoms with E-state index >= 15 is 0 Å². The van der Waals surface area contributed by atoms with Crippen LogP contribution in [0.3, 0.4) is 0 Å². The lowest BCUT2D eigenvalue weighted by atomic mass is 9.99. The molecule has 2 aromatic rings. The van der Waals surface area contributed by atoms with Gasteiger partial charge in [-0.15, -0.1) is 0 Å². The summed E-state index contributed by atoms with van der Waals surface area (Å²) < 4.78 is 13.2. The summed E-state index contributed by atoms with van der Waals surface area (Å²) in [5.74, 6) is 0.876. The molecule has 0 spiro atoms. The maximum Gasteiger partial charge on any atom is 0.226 e. The van der Waals surface area contributed by atoms with E-state index in [0.29, 0.717) is 32.8 Å². The second-order valence-corrected chi connectivity index (χ2v) is 6.10. The molecule has 1 amide bonds. The molecule has 1 aromatic heterocycles. The number of rotatable bonds is 7. The van der Waals surface area contributed by atoms with Crippen LogP contribution < -0.4 is 4.74 Å². The molecule has 2 heterocycles. The number of amides is 1. The van der Waals surface area contributed by atoms with Crippen molar-refractivity contribution in [1.82, 2.24) is 14.7 Å². The van der Waals surface area contributed by atoms with E-state index in [-0.39, 0.29) is 11.9 Å². The molecule has 0 fully saturated rings. The van der Waals surface area contributed by atoms with Gasteiger partial charge in [0.25, 0.3) is 0 Å². The molecule has 1 aliphatic rings. The van der Waals surface area contributed by atoms with Crippen molar-refractivity contribution in [1.29, 1.82) is 0 Å². The Bertz CT molecular complexity index is 699. The van der Waals surface area contributed by atoms with Crippen molar-refractivity contribution in [3.63, 3.8) is 0 Å². The molecule has 6 heteroatoms. The van der Waals surface area contributed by atoms with Crippen LogP contribution in [0.5, 0.6) is 5.75 Å². The number of nitrogens with zero attached hydrogens (tertiary/aromatic N) is 3. The first-order valence-electron chi connectivity index (χ1n) is 8.76. The van der Waals surface area contributed by atoms with Gasteiger partial charge in [-0.1, -0.05) is 18.2 Å². The summed E-state index contributed by atoms with van der Waals surface area (Å²) in [5.41, 5.74) is 2.29. The van der Waals surface area contributed by atoms with Crippen LogP contribution in [0.2, 0.25) is 0 Å². The molecule has 0 radical (unpaired) electrons. The van der Waals surface area contributed by atoms with Gasteiger partial charge in [-0.25, -0.2) is 0 Å². The lowest BCUT2D eigenvalue weighted by molar-refractivity contribution is -0.136. The van der Waals surface area contributed by atoms with Gasteiger partial charge in [0.2, 0.25) is 5.91 Å². The molecule has 0 N–H and O–H groups in total. The van der Waals surface area contributed by atoms with Crippen LogP contribution in [0.4, 0.5) is 0 Å². The molecule has 134 valence electrons. The first-order valence-corrected chi connectivity index (χ1v) is 8.76. The molecule has 0 aliphatic carbocycles. The van der Waals surface area contributed by atoms with Gasteiger partial charge in [0, 0.05) is 20.2 Å². The zero-order chi connectivity index (χ0) is 17.6. The minimum Gasteiger partial charge on any atom is -0.493 e. The monoisotopic (exact) mass is 343 g/mol. The highest BCUT2D eigenvalue weighted by Gasteiger charge is 2.33. The second-order valence-electron chi connectivity index (χ2n) is 6.10. The van der Waals surface area contributed by atoms with Crippen molar-refractivity contribution < 1.29 is 14.3 Å². The lowest BCUT2D eigenvalue weighted by Crippen LogP contribution is -2.43. The molecule has 1 aromatic carbocycles. The van der Waals surface area contributed by atoms with Crippen LogP contribution >= 0.6 is 0 Å². The molecule has 1 aliphatic heterocycles. The number of hydrogen-bond acceptors (Lipinski definition) is 4. The van der Waals surface area contributed by atoms with Crippen LogP contribution in [0.25, 0.3) is 0 Å². The summed E-state index contributed by atoms with van der Waals surface area (Å²) in [4.78, 5) is 14.7. The molecule has 0 saturated carbocycles. The Morgan fingerprint density at radius 2 is 2.12 bits per heavy atom. The number of ether oxygens (including phenoxy) is 2. The van der Waals surface area contributed by atoms with Gasteiger partial charge in [0.15, 0.2) is 0 Å². The Balaban J connectivity index is 1.65. The van der Waals surface area contributed by atoms with Crippen LogP contribution in [-0.2, 0) is 23.0 Å². The SMILES string of the molecule is CCOC[C@@H]1c2c(cnn2C)CCN1C(=O)CCOc1ccccc1. The minimum atomic E-state index is -0.0829. The number of carbonyl (C=O) groups is 1. The van der Waals surface area contributed by atoms with E-state index in [0.717, 1.165) is 17.9 Å². The fraction of sp³-hybridized carbons (Fsp3) is 0.474. The van der Waals surface area contributed by atoms with Gasteiger partial charge in [-0.3, -0.25) is 9.48 Å². The molecule has 0 unspecified atom stereocenters. The van der Waals surface area contributed by atoms with Crippen molar-refractivity contribution in [2.75, 3.05) is 26.4 Å². The topological polar surface area (TPSA) is 56.6 Å². The quantitative estimate of drug-likeness (QED) is 0.774. The zero-order valence-electron chi connectivity index (χ0n) is 14.9. The predicted octanol–water partition coefficient (Wildman–Crippen LogP) is 2.35. The van der Waals surface area contributed by atoms with E-state index in [9.17, 15) is 4.79 Å².